The Morgan fingerprint density at radius 2 is 1.79 bits per heavy atom. The lowest BCUT2D eigenvalue weighted by molar-refractivity contribution is -0.119. The number of carbonyl (C=O) groups excluding carboxylic acids is 3. The largest absolute Gasteiger partial charge is 0.462 e. The molecule has 4 rings (SSSR count). The highest BCUT2D eigenvalue weighted by atomic mass is 32.1. The number of carbonyl (C=O) groups is 3. The van der Waals surface area contributed by atoms with E-state index in [-0.39, 0.29) is 17.7 Å². The van der Waals surface area contributed by atoms with Crippen LogP contribution in [0.25, 0.3) is 0 Å². The van der Waals surface area contributed by atoms with Gasteiger partial charge in [0.05, 0.1) is 24.1 Å². The summed E-state index contributed by atoms with van der Waals surface area (Å²) < 4.78 is 5.03. The van der Waals surface area contributed by atoms with E-state index in [4.69, 9.17) is 4.74 Å². The zero-order valence-corrected chi connectivity index (χ0v) is 20.3. The van der Waals surface area contributed by atoms with Gasteiger partial charge in [-0.3, -0.25) is 9.59 Å². The van der Waals surface area contributed by atoms with E-state index in [1.54, 1.807) is 48.6 Å². The minimum Gasteiger partial charge on any atom is -0.462 e. The van der Waals surface area contributed by atoms with Crippen molar-refractivity contribution in [1.82, 2.24) is 4.90 Å². The van der Waals surface area contributed by atoms with Crippen molar-refractivity contribution in [1.29, 1.82) is 0 Å². The van der Waals surface area contributed by atoms with Gasteiger partial charge in [0.2, 0.25) is 5.91 Å². The van der Waals surface area contributed by atoms with Crippen LogP contribution in [-0.2, 0) is 9.53 Å². The summed E-state index contributed by atoms with van der Waals surface area (Å²) in [7, 11) is 0. The van der Waals surface area contributed by atoms with Crippen LogP contribution >= 0.6 is 11.3 Å². The second-order valence-electron chi connectivity index (χ2n) is 8.66. The Morgan fingerprint density at radius 1 is 1.06 bits per heavy atom. The first-order chi connectivity index (χ1) is 16.4. The molecule has 2 atom stereocenters. The lowest BCUT2D eigenvalue weighted by Crippen LogP contribution is -2.47. The molecule has 1 aliphatic rings. The van der Waals surface area contributed by atoms with Crippen LogP contribution in [0.15, 0.2) is 66.0 Å². The van der Waals surface area contributed by atoms with E-state index >= 15 is 0 Å². The molecule has 3 aromatic rings. The van der Waals surface area contributed by atoms with E-state index in [1.807, 2.05) is 40.6 Å². The van der Waals surface area contributed by atoms with Gasteiger partial charge < -0.3 is 15.0 Å². The number of nitrogens with zero attached hydrogens (tertiary/aromatic N) is 1. The smallest absolute Gasteiger partial charge is 0.338 e. The molecule has 0 saturated carbocycles. The Labute approximate surface area is 203 Å². The summed E-state index contributed by atoms with van der Waals surface area (Å²) in [4.78, 5) is 42.0. The van der Waals surface area contributed by atoms with Gasteiger partial charge in [-0.25, -0.2) is 4.79 Å². The fraction of sp³-hybridized carbons (Fsp3) is 0.296. The van der Waals surface area contributed by atoms with Gasteiger partial charge in [0, 0.05) is 22.7 Å². The molecule has 0 unspecified atom stereocenters. The maximum atomic E-state index is 13.8. The van der Waals surface area contributed by atoms with E-state index in [2.05, 4.69) is 19.2 Å². The Kier molecular flexibility index (Phi) is 7.12. The molecule has 1 aromatic heterocycles. The molecule has 0 radical (unpaired) electrons. The molecule has 0 bridgehead atoms. The third-order valence-corrected chi connectivity index (χ3v) is 6.72. The number of hydrogen-bond acceptors (Lipinski definition) is 5. The Balaban J connectivity index is 1.71. The number of anilines is 1. The number of fused-ring (bicyclic) bond motifs is 1. The number of nitrogens with one attached hydrogen (secondary N) is 1. The van der Waals surface area contributed by atoms with Crippen LogP contribution in [0.1, 0.15) is 63.9 Å². The predicted molar refractivity (Wildman–Crippen MR) is 133 cm³/mol. The molecule has 176 valence electrons. The summed E-state index contributed by atoms with van der Waals surface area (Å²) >= 11 is 1.55. The molecule has 0 spiro atoms. The molecule has 6 nitrogen and oxygen atoms in total. The standard InChI is InChI=1S/C27H28N2O4S/c1-4-33-27(32)18-11-13-19(14-12-18)28-25(30)23-20-8-5-6-9-21(20)26(31)29(16-17(2)3)24(23)22-10-7-15-34-22/h5-15,17,23-24H,4,16H2,1-3H3,(H,28,30)/t23-,24-/m1/s1. The van der Waals surface area contributed by atoms with Crippen LogP contribution in [0.2, 0.25) is 0 Å². The number of ether oxygens (including phenoxy) is 1. The zero-order chi connectivity index (χ0) is 24.2. The van der Waals surface area contributed by atoms with Gasteiger partial charge in [0.1, 0.15) is 0 Å². The molecule has 2 aromatic carbocycles. The normalized spacial score (nSPS) is 17.4. The number of hydrogen-bond donors (Lipinski definition) is 1. The molecule has 0 fully saturated rings. The van der Waals surface area contributed by atoms with Crippen LogP contribution in [0.4, 0.5) is 5.69 Å². The quantitative estimate of drug-likeness (QED) is 0.457. The summed E-state index contributed by atoms with van der Waals surface area (Å²) in [5.41, 5.74) is 2.29. The van der Waals surface area contributed by atoms with Crippen LogP contribution in [-0.4, -0.2) is 35.8 Å². The number of amides is 2. The van der Waals surface area contributed by atoms with E-state index in [1.165, 1.54) is 0 Å². The second-order valence-corrected chi connectivity index (χ2v) is 9.64. The first-order valence-electron chi connectivity index (χ1n) is 11.4. The van der Waals surface area contributed by atoms with E-state index in [9.17, 15) is 14.4 Å². The van der Waals surface area contributed by atoms with Crippen molar-refractivity contribution in [3.63, 3.8) is 0 Å². The molecule has 2 amide bonds. The lowest BCUT2D eigenvalue weighted by Gasteiger charge is -2.42. The van der Waals surface area contributed by atoms with Gasteiger partial charge in [-0.1, -0.05) is 38.1 Å². The van der Waals surface area contributed by atoms with Crippen LogP contribution in [0, 0.1) is 5.92 Å². The highest BCUT2D eigenvalue weighted by molar-refractivity contribution is 7.10. The lowest BCUT2D eigenvalue weighted by atomic mass is 9.81. The third-order valence-electron chi connectivity index (χ3n) is 5.78. The van der Waals surface area contributed by atoms with Gasteiger partial charge in [0.15, 0.2) is 0 Å². The number of rotatable bonds is 7. The molecule has 1 N–H and O–H groups in total. The average Bonchev–Trinajstić information content (AvgIpc) is 3.35. The Bertz CT molecular complexity index is 1170. The SMILES string of the molecule is CCOC(=O)c1ccc(NC(=O)[C@@H]2c3ccccc3C(=O)N(CC(C)C)[C@@H]2c2cccs2)cc1. The second kappa shape index (κ2) is 10.2. The predicted octanol–water partition coefficient (Wildman–Crippen LogP) is 5.50. The van der Waals surface area contributed by atoms with Crippen molar-refractivity contribution >= 4 is 34.8 Å². The highest BCUT2D eigenvalue weighted by Crippen LogP contribution is 2.45. The Morgan fingerprint density at radius 3 is 2.44 bits per heavy atom. The third kappa shape index (κ3) is 4.75. The fourth-order valence-corrected chi connectivity index (χ4v) is 5.24. The molecular formula is C27H28N2O4S. The van der Waals surface area contributed by atoms with Crippen molar-refractivity contribution in [3.8, 4) is 0 Å². The minimum atomic E-state index is -0.573. The van der Waals surface area contributed by atoms with Crippen molar-refractivity contribution in [3.05, 3.63) is 87.6 Å². The van der Waals surface area contributed by atoms with Crippen LogP contribution in [0.3, 0.4) is 0 Å². The molecular weight excluding hydrogens is 448 g/mol. The molecule has 2 heterocycles. The van der Waals surface area contributed by atoms with Gasteiger partial charge in [-0.05, 0) is 60.2 Å². The minimum absolute atomic E-state index is 0.0504. The van der Waals surface area contributed by atoms with Crippen LogP contribution < -0.4 is 5.32 Å². The number of esters is 1. The van der Waals surface area contributed by atoms with Crippen molar-refractivity contribution in [2.75, 3.05) is 18.5 Å². The van der Waals surface area contributed by atoms with E-state index < -0.39 is 17.9 Å². The molecule has 34 heavy (non-hydrogen) atoms. The average molecular weight is 477 g/mol. The summed E-state index contributed by atoms with van der Waals surface area (Å²) in [6.45, 7) is 6.74. The van der Waals surface area contributed by atoms with Gasteiger partial charge >= 0.3 is 5.97 Å². The maximum absolute atomic E-state index is 13.8. The summed E-state index contributed by atoms with van der Waals surface area (Å²) in [5, 5.41) is 4.98. The van der Waals surface area contributed by atoms with Gasteiger partial charge in [-0.2, -0.15) is 0 Å². The molecule has 0 saturated heterocycles. The monoisotopic (exact) mass is 476 g/mol. The van der Waals surface area contributed by atoms with Crippen molar-refractivity contribution in [2.24, 2.45) is 5.92 Å². The van der Waals surface area contributed by atoms with Crippen molar-refractivity contribution < 1.29 is 19.1 Å². The van der Waals surface area contributed by atoms with Crippen molar-refractivity contribution in [2.45, 2.75) is 32.7 Å². The number of thiophene rings is 1. The zero-order valence-electron chi connectivity index (χ0n) is 19.5. The first-order valence-corrected chi connectivity index (χ1v) is 12.3. The maximum Gasteiger partial charge on any atom is 0.338 e. The summed E-state index contributed by atoms with van der Waals surface area (Å²) in [6, 6.07) is 17.5. The highest BCUT2D eigenvalue weighted by Gasteiger charge is 2.44. The molecule has 1 aliphatic heterocycles. The van der Waals surface area contributed by atoms with Gasteiger partial charge in [0.25, 0.3) is 5.91 Å². The molecule has 7 heteroatoms. The van der Waals surface area contributed by atoms with Gasteiger partial charge in [-0.15, -0.1) is 11.3 Å². The first kappa shape index (κ1) is 23.7. The number of benzene rings is 2. The van der Waals surface area contributed by atoms with E-state index in [0.717, 1.165) is 10.4 Å². The summed E-state index contributed by atoms with van der Waals surface area (Å²) in [5.74, 6) is -0.976. The topological polar surface area (TPSA) is 75.7 Å². The van der Waals surface area contributed by atoms with E-state index in [0.29, 0.717) is 30.0 Å². The summed E-state index contributed by atoms with van der Waals surface area (Å²) in [6.07, 6.45) is 0. The molecule has 0 aliphatic carbocycles. The Hall–Kier alpha value is -3.45. The van der Waals surface area contributed by atoms with Crippen LogP contribution in [0.5, 0.6) is 0 Å². The fourth-order valence-electron chi connectivity index (χ4n) is 4.37.